The molecule has 1 heterocycles. The molecule has 1 aromatic carbocycles. The zero-order chi connectivity index (χ0) is 13.1. The highest BCUT2D eigenvalue weighted by Gasteiger charge is 2.21. The maximum atomic E-state index is 13.8. The number of rotatable bonds is 2. The van der Waals surface area contributed by atoms with Crippen LogP contribution in [0.15, 0.2) is 12.1 Å². The third kappa shape index (κ3) is 2.43. The summed E-state index contributed by atoms with van der Waals surface area (Å²) in [6.07, 6.45) is 0.835. The van der Waals surface area contributed by atoms with E-state index in [1.807, 2.05) is 0 Å². The van der Waals surface area contributed by atoms with E-state index in [1.165, 1.54) is 6.07 Å². The Morgan fingerprint density at radius 1 is 1.22 bits per heavy atom. The van der Waals surface area contributed by atoms with E-state index in [2.05, 4.69) is 5.32 Å². The molecular formula is C12H14F2N2O2. The first kappa shape index (κ1) is 12.8. The minimum absolute atomic E-state index is 0.126. The highest BCUT2D eigenvalue weighted by molar-refractivity contribution is 5.88. The van der Waals surface area contributed by atoms with Gasteiger partial charge in [-0.25, -0.2) is 13.6 Å². The number of hydrogen-bond donors (Lipinski definition) is 2. The number of anilines is 1. The van der Waals surface area contributed by atoms with Crippen LogP contribution in [-0.4, -0.2) is 37.3 Å². The van der Waals surface area contributed by atoms with Gasteiger partial charge in [-0.1, -0.05) is 0 Å². The van der Waals surface area contributed by atoms with Crippen molar-refractivity contribution < 1.29 is 18.7 Å². The fourth-order valence-corrected chi connectivity index (χ4v) is 2.04. The summed E-state index contributed by atoms with van der Waals surface area (Å²) in [6.45, 7) is 2.73. The molecule has 0 spiro atoms. The first-order chi connectivity index (χ1) is 8.61. The second kappa shape index (κ2) is 5.30. The minimum Gasteiger partial charge on any atom is -0.478 e. The lowest BCUT2D eigenvalue weighted by molar-refractivity contribution is 0.0690. The van der Waals surface area contributed by atoms with Crippen LogP contribution in [-0.2, 0) is 0 Å². The molecule has 1 aliphatic heterocycles. The number of carboxylic acid groups (broad SMARTS) is 1. The van der Waals surface area contributed by atoms with Gasteiger partial charge in [-0.05, 0) is 25.1 Å². The second-order valence-corrected chi connectivity index (χ2v) is 4.16. The molecular weight excluding hydrogens is 242 g/mol. The van der Waals surface area contributed by atoms with Crippen molar-refractivity contribution in [2.24, 2.45) is 0 Å². The van der Waals surface area contributed by atoms with E-state index in [1.54, 1.807) is 4.90 Å². The molecule has 18 heavy (non-hydrogen) atoms. The minimum atomic E-state index is -1.46. The van der Waals surface area contributed by atoms with Gasteiger partial charge >= 0.3 is 5.97 Å². The lowest BCUT2D eigenvalue weighted by Gasteiger charge is -2.23. The standard InChI is InChI=1S/C12H14F2N2O2/c13-10-8(12(17)18)2-3-9(11(10)14)16-6-1-4-15-5-7-16/h2-3,15H,1,4-7H2,(H,17,18). The van der Waals surface area contributed by atoms with Crippen molar-refractivity contribution in [3.8, 4) is 0 Å². The van der Waals surface area contributed by atoms with Crippen molar-refractivity contribution in [2.75, 3.05) is 31.1 Å². The van der Waals surface area contributed by atoms with Crippen LogP contribution in [0.5, 0.6) is 0 Å². The lowest BCUT2D eigenvalue weighted by Crippen LogP contribution is -2.29. The lowest BCUT2D eigenvalue weighted by atomic mass is 10.1. The van der Waals surface area contributed by atoms with Gasteiger partial charge in [0, 0.05) is 19.6 Å². The molecule has 1 saturated heterocycles. The molecule has 0 bridgehead atoms. The molecule has 0 aliphatic carbocycles. The van der Waals surface area contributed by atoms with Gasteiger partial charge in [0.2, 0.25) is 0 Å². The summed E-state index contributed by atoms with van der Waals surface area (Å²) in [7, 11) is 0. The number of carboxylic acids is 1. The maximum absolute atomic E-state index is 13.8. The van der Waals surface area contributed by atoms with Crippen molar-refractivity contribution in [3.05, 3.63) is 29.3 Å². The molecule has 0 saturated carbocycles. The molecule has 0 amide bonds. The van der Waals surface area contributed by atoms with E-state index in [9.17, 15) is 13.6 Å². The average Bonchev–Trinajstić information content (AvgIpc) is 2.60. The zero-order valence-corrected chi connectivity index (χ0v) is 9.75. The first-order valence-electron chi connectivity index (χ1n) is 5.78. The van der Waals surface area contributed by atoms with Crippen molar-refractivity contribution in [2.45, 2.75) is 6.42 Å². The van der Waals surface area contributed by atoms with Crippen LogP contribution in [0.1, 0.15) is 16.8 Å². The van der Waals surface area contributed by atoms with Crippen LogP contribution in [0, 0.1) is 11.6 Å². The summed E-state index contributed by atoms with van der Waals surface area (Å²) in [5.41, 5.74) is -0.509. The van der Waals surface area contributed by atoms with E-state index >= 15 is 0 Å². The maximum Gasteiger partial charge on any atom is 0.338 e. The first-order valence-corrected chi connectivity index (χ1v) is 5.78. The monoisotopic (exact) mass is 256 g/mol. The Bertz CT molecular complexity index is 458. The van der Waals surface area contributed by atoms with Gasteiger partial charge < -0.3 is 15.3 Å². The number of nitrogens with zero attached hydrogens (tertiary/aromatic N) is 1. The highest BCUT2D eigenvalue weighted by Crippen LogP contribution is 2.24. The summed E-state index contributed by atoms with van der Waals surface area (Å²) in [5.74, 6) is -3.84. The molecule has 0 atom stereocenters. The zero-order valence-electron chi connectivity index (χ0n) is 9.75. The molecule has 0 unspecified atom stereocenters. The van der Waals surface area contributed by atoms with E-state index in [0.29, 0.717) is 19.6 Å². The van der Waals surface area contributed by atoms with Gasteiger partial charge in [0.25, 0.3) is 0 Å². The Balaban J connectivity index is 2.33. The van der Waals surface area contributed by atoms with Gasteiger partial charge in [0.05, 0.1) is 11.3 Å². The van der Waals surface area contributed by atoms with Crippen LogP contribution in [0.3, 0.4) is 0 Å². The van der Waals surface area contributed by atoms with E-state index in [-0.39, 0.29) is 5.69 Å². The Hall–Kier alpha value is -1.69. The molecule has 4 nitrogen and oxygen atoms in total. The Morgan fingerprint density at radius 3 is 2.72 bits per heavy atom. The van der Waals surface area contributed by atoms with E-state index < -0.39 is 23.2 Å². The smallest absolute Gasteiger partial charge is 0.338 e. The van der Waals surface area contributed by atoms with Gasteiger partial charge in [-0.2, -0.15) is 0 Å². The topological polar surface area (TPSA) is 52.6 Å². The van der Waals surface area contributed by atoms with Gasteiger partial charge in [0.1, 0.15) is 0 Å². The molecule has 2 N–H and O–H groups in total. The fourth-order valence-electron chi connectivity index (χ4n) is 2.04. The second-order valence-electron chi connectivity index (χ2n) is 4.16. The predicted octanol–water partition coefficient (Wildman–Crippen LogP) is 1.46. The van der Waals surface area contributed by atoms with Crippen LogP contribution in [0.25, 0.3) is 0 Å². The van der Waals surface area contributed by atoms with E-state index in [4.69, 9.17) is 5.11 Å². The van der Waals surface area contributed by atoms with Gasteiger partial charge in [-0.3, -0.25) is 0 Å². The van der Waals surface area contributed by atoms with Crippen LogP contribution < -0.4 is 10.2 Å². The van der Waals surface area contributed by atoms with Crippen LogP contribution >= 0.6 is 0 Å². The number of halogens is 2. The van der Waals surface area contributed by atoms with Crippen molar-refractivity contribution in [3.63, 3.8) is 0 Å². The Labute approximate surface area is 103 Å². The van der Waals surface area contributed by atoms with Crippen LogP contribution in [0.4, 0.5) is 14.5 Å². The van der Waals surface area contributed by atoms with Crippen LogP contribution in [0.2, 0.25) is 0 Å². The molecule has 1 aliphatic rings. The Kier molecular flexibility index (Phi) is 3.76. The van der Waals surface area contributed by atoms with Gasteiger partial charge in [-0.15, -0.1) is 0 Å². The summed E-state index contributed by atoms with van der Waals surface area (Å²) in [6, 6.07) is 2.43. The predicted molar refractivity (Wildman–Crippen MR) is 63.0 cm³/mol. The quantitative estimate of drug-likeness (QED) is 0.841. The third-order valence-electron chi connectivity index (χ3n) is 2.97. The SMILES string of the molecule is O=C(O)c1ccc(N2CCCNCC2)c(F)c1F. The third-order valence-corrected chi connectivity index (χ3v) is 2.97. The number of carbonyl (C=O) groups is 1. The molecule has 2 rings (SSSR count). The number of benzene rings is 1. The van der Waals surface area contributed by atoms with Crippen molar-refractivity contribution in [1.29, 1.82) is 0 Å². The fraction of sp³-hybridized carbons (Fsp3) is 0.417. The number of aromatic carboxylic acids is 1. The average molecular weight is 256 g/mol. The number of hydrogen-bond acceptors (Lipinski definition) is 3. The summed E-state index contributed by atoms with van der Waals surface area (Å²) >= 11 is 0. The summed E-state index contributed by atoms with van der Waals surface area (Å²) in [4.78, 5) is 12.4. The Morgan fingerprint density at radius 2 is 2.00 bits per heavy atom. The van der Waals surface area contributed by atoms with Gasteiger partial charge in [0.15, 0.2) is 11.6 Å². The van der Waals surface area contributed by atoms with Crippen molar-refractivity contribution >= 4 is 11.7 Å². The molecule has 0 aromatic heterocycles. The highest BCUT2D eigenvalue weighted by atomic mass is 19.2. The summed E-state index contributed by atoms with van der Waals surface area (Å²) < 4.78 is 27.4. The van der Waals surface area contributed by atoms with E-state index in [0.717, 1.165) is 19.0 Å². The molecule has 6 heteroatoms. The number of nitrogens with one attached hydrogen (secondary N) is 1. The molecule has 98 valence electrons. The summed E-state index contributed by atoms with van der Waals surface area (Å²) in [5, 5.41) is 11.9. The molecule has 1 aromatic rings. The normalized spacial score (nSPS) is 16.4. The molecule has 1 fully saturated rings. The molecule has 0 radical (unpaired) electrons. The van der Waals surface area contributed by atoms with Crippen molar-refractivity contribution in [1.82, 2.24) is 5.32 Å². The largest absolute Gasteiger partial charge is 0.478 e.